The van der Waals surface area contributed by atoms with Crippen molar-refractivity contribution in [2.75, 3.05) is 45.4 Å². The number of fused-ring (bicyclic) bond motifs is 3. The van der Waals surface area contributed by atoms with E-state index in [1.54, 1.807) is 14.2 Å². The van der Waals surface area contributed by atoms with Gasteiger partial charge in [0.25, 0.3) is 0 Å². The van der Waals surface area contributed by atoms with Crippen molar-refractivity contribution in [3.63, 3.8) is 0 Å². The summed E-state index contributed by atoms with van der Waals surface area (Å²) in [5, 5.41) is 16.0. The number of rotatable bonds is 8. The van der Waals surface area contributed by atoms with Crippen molar-refractivity contribution in [3.8, 4) is 11.4 Å². The Morgan fingerprint density at radius 2 is 1.62 bits per heavy atom. The van der Waals surface area contributed by atoms with Gasteiger partial charge in [-0.25, -0.2) is 0 Å². The molecule has 0 aliphatic rings. The third-order valence-corrected chi connectivity index (χ3v) is 4.95. The Morgan fingerprint density at radius 1 is 0.897 bits per heavy atom. The van der Waals surface area contributed by atoms with E-state index in [1.165, 1.54) is 5.56 Å². The molecule has 0 spiro atoms. The van der Waals surface area contributed by atoms with Crippen LogP contribution in [-0.2, 0) is 9.47 Å². The number of benzene rings is 2. The maximum Gasteiger partial charge on any atom is 0.186 e. The minimum atomic E-state index is 0.602. The van der Waals surface area contributed by atoms with Crippen LogP contribution in [-0.4, -0.2) is 60.3 Å². The predicted octanol–water partition coefficient (Wildman–Crippen LogP) is 3.35. The topological polar surface area (TPSA) is 64.8 Å². The second kappa shape index (κ2) is 8.55. The van der Waals surface area contributed by atoms with E-state index in [0.29, 0.717) is 26.3 Å². The lowest BCUT2D eigenvalue weighted by atomic mass is 10.1. The number of aryl methyl sites for hydroxylation is 1. The van der Waals surface area contributed by atoms with Gasteiger partial charge in [-0.1, -0.05) is 48.0 Å². The van der Waals surface area contributed by atoms with Gasteiger partial charge in [0.1, 0.15) is 0 Å². The van der Waals surface area contributed by atoms with Gasteiger partial charge >= 0.3 is 0 Å². The van der Waals surface area contributed by atoms with E-state index < -0.39 is 0 Å². The maximum absolute atomic E-state index is 5.32. The molecule has 0 radical (unpaired) electrons. The highest BCUT2D eigenvalue weighted by Crippen LogP contribution is 2.29. The lowest BCUT2D eigenvalue weighted by Crippen LogP contribution is -2.32. The summed E-state index contributed by atoms with van der Waals surface area (Å²) < 4.78 is 12.5. The highest BCUT2D eigenvalue weighted by Gasteiger charge is 2.19. The molecule has 0 saturated heterocycles. The van der Waals surface area contributed by atoms with E-state index in [4.69, 9.17) is 14.6 Å². The molecule has 0 amide bonds. The SMILES string of the molecule is COCCN(CCOC)c1nn2c(-c3cccc(C)c3)nnc2c2ccccc12. The predicted molar refractivity (Wildman–Crippen MR) is 114 cm³/mol. The zero-order valence-electron chi connectivity index (χ0n) is 17.0. The molecular formula is C22H25N5O2. The van der Waals surface area contributed by atoms with Gasteiger partial charge in [-0.3, -0.25) is 0 Å². The molecule has 0 unspecified atom stereocenters. The van der Waals surface area contributed by atoms with E-state index in [2.05, 4.69) is 46.3 Å². The fourth-order valence-electron chi connectivity index (χ4n) is 3.49. The number of nitrogens with zero attached hydrogens (tertiary/aromatic N) is 5. The van der Waals surface area contributed by atoms with Gasteiger partial charge in [0.2, 0.25) is 0 Å². The molecule has 0 fully saturated rings. The van der Waals surface area contributed by atoms with Crippen LogP contribution in [0.2, 0.25) is 0 Å². The number of anilines is 1. The Morgan fingerprint density at radius 3 is 2.31 bits per heavy atom. The fraction of sp³-hybridized carbons (Fsp3) is 0.318. The Kier molecular flexibility index (Phi) is 5.69. The molecule has 150 valence electrons. The number of hydrogen-bond donors (Lipinski definition) is 0. The third-order valence-electron chi connectivity index (χ3n) is 4.95. The van der Waals surface area contributed by atoms with Crippen LogP contribution in [0.5, 0.6) is 0 Å². The zero-order valence-corrected chi connectivity index (χ0v) is 17.0. The average molecular weight is 391 g/mol. The van der Waals surface area contributed by atoms with Crippen molar-refractivity contribution in [3.05, 3.63) is 54.1 Å². The smallest absolute Gasteiger partial charge is 0.186 e. The first-order chi connectivity index (χ1) is 14.2. The number of ether oxygens (including phenoxy) is 2. The fourth-order valence-corrected chi connectivity index (χ4v) is 3.49. The highest BCUT2D eigenvalue weighted by atomic mass is 16.5. The average Bonchev–Trinajstić information content (AvgIpc) is 3.18. The molecule has 0 bridgehead atoms. The van der Waals surface area contributed by atoms with Crippen molar-refractivity contribution in [1.29, 1.82) is 0 Å². The molecule has 4 aromatic rings. The summed E-state index contributed by atoms with van der Waals surface area (Å²) in [5.74, 6) is 1.60. The van der Waals surface area contributed by atoms with E-state index in [-0.39, 0.29) is 0 Å². The van der Waals surface area contributed by atoms with Gasteiger partial charge in [-0.05, 0) is 13.0 Å². The number of aromatic nitrogens is 4. The summed E-state index contributed by atoms with van der Waals surface area (Å²) in [6.07, 6.45) is 0. The standard InChI is InChI=1S/C22H25N5O2/c1-16-7-6-8-17(15-16)20-23-24-21-18-9-4-5-10-19(18)22(25-27(20)21)26(11-13-28-2)12-14-29-3/h4-10,15H,11-14H2,1-3H3. The zero-order chi connectivity index (χ0) is 20.2. The molecule has 29 heavy (non-hydrogen) atoms. The molecule has 7 nitrogen and oxygen atoms in total. The molecular weight excluding hydrogens is 366 g/mol. The van der Waals surface area contributed by atoms with E-state index in [1.807, 2.05) is 28.8 Å². The highest BCUT2D eigenvalue weighted by molar-refractivity contribution is 6.00. The summed E-state index contributed by atoms with van der Waals surface area (Å²) in [6, 6.07) is 16.4. The molecule has 4 rings (SSSR count). The molecule has 0 aliphatic heterocycles. The molecule has 7 heteroatoms. The second-order valence-electron chi connectivity index (χ2n) is 6.97. The first-order valence-electron chi connectivity index (χ1n) is 9.67. The third kappa shape index (κ3) is 3.79. The Balaban J connectivity index is 1.93. The Labute approximate surface area is 169 Å². The van der Waals surface area contributed by atoms with Crippen LogP contribution in [0.4, 0.5) is 5.82 Å². The van der Waals surface area contributed by atoms with Crippen LogP contribution in [0.1, 0.15) is 5.56 Å². The monoisotopic (exact) mass is 391 g/mol. The lowest BCUT2D eigenvalue weighted by Gasteiger charge is -2.24. The van der Waals surface area contributed by atoms with Crippen LogP contribution < -0.4 is 4.90 Å². The summed E-state index contributed by atoms with van der Waals surface area (Å²) in [5.41, 5.74) is 2.91. The summed E-state index contributed by atoms with van der Waals surface area (Å²) in [6.45, 7) is 4.70. The largest absolute Gasteiger partial charge is 0.383 e. The van der Waals surface area contributed by atoms with Crippen molar-refractivity contribution in [2.45, 2.75) is 6.92 Å². The Bertz CT molecular complexity index is 1120. The van der Waals surface area contributed by atoms with E-state index in [9.17, 15) is 0 Å². The van der Waals surface area contributed by atoms with Gasteiger partial charge in [-0.15, -0.1) is 15.3 Å². The minimum Gasteiger partial charge on any atom is -0.383 e. The second-order valence-corrected chi connectivity index (χ2v) is 6.97. The first kappa shape index (κ1) is 19.3. The van der Waals surface area contributed by atoms with Crippen LogP contribution >= 0.6 is 0 Å². The van der Waals surface area contributed by atoms with Crippen LogP contribution in [0.25, 0.3) is 27.8 Å². The summed E-state index contributed by atoms with van der Waals surface area (Å²) in [4.78, 5) is 2.19. The molecule has 0 saturated carbocycles. The first-order valence-corrected chi connectivity index (χ1v) is 9.67. The number of methoxy groups -OCH3 is 2. The molecule has 2 aromatic heterocycles. The van der Waals surface area contributed by atoms with Gasteiger partial charge in [0.05, 0.1) is 13.2 Å². The van der Waals surface area contributed by atoms with Crippen LogP contribution in [0, 0.1) is 6.92 Å². The van der Waals surface area contributed by atoms with Gasteiger partial charge in [0.15, 0.2) is 17.3 Å². The van der Waals surface area contributed by atoms with E-state index in [0.717, 1.165) is 33.6 Å². The maximum atomic E-state index is 5.32. The van der Waals surface area contributed by atoms with Crippen molar-refractivity contribution in [1.82, 2.24) is 19.8 Å². The quantitative estimate of drug-likeness (QED) is 0.459. The minimum absolute atomic E-state index is 0.602. The van der Waals surface area contributed by atoms with Crippen LogP contribution in [0.15, 0.2) is 48.5 Å². The number of hydrogen-bond acceptors (Lipinski definition) is 6. The molecule has 0 N–H and O–H groups in total. The normalized spacial score (nSPS) is 11.4. The van der Waals surface area contributed by atoms with E-state index >= 15 is 0 Å². The van der Waals surface area contributed by atoms with Gasteiger partial charge in [0, 0.05) is 43.6 Å². The van der Waals surface area contributed by atoms with Crippen molar-refractivity contribution < 1.29 is 9.47 Å². The summed E-state index contributed by atoms with van der Waals surface area (Å²) >= 11 is 0. The molecule has 2 aromatic carbocycles. The summed E-state index contributed by atoms with van der Waals surface area (Å²) in [7, 11) is 3.41. The molecule has 0 aliphatic carbocycles. The van der Waals surface area contributed by atoms with Gasteiger partial charge < -0.3 is 14.4 Å². The molecule has 2 heterocycles. The lowest BCUT2D eigenvalue weighted by molar-refractivity contribution is 0.190. The van der Waals surface area contributed by atoms with Gasteiger partial charge in [-0.2, -0.15) is 4.52 Å². The van der Waals surface area contributed by atoms with Crippen molar-refractivity contribution >= 4 is 22.2 Å². The molecule has 0 atom stereocenters. The van der Waals surface area contributed by atoms with Crippen molar-refractivity contribution in [2.24, 2.45) is 0 Å². The Hall–Kier alpha value is -3.03. The van der Waals surface area contributed by atoms with Crippen LogP contribution in [0.3, 0.4) is 0 Å².